The maximum atomic E-state index is 13.1. The molecule has 1 spiro atoms. The van der Waals surface area contributed by atoms with Crippen LogP contribution < -0.4 is 8.92 Å². The minimum Gasteiger partial charge on any atom is -0.477 e. The number of ketones is 1. The van der Waals surface area contributed by atoms with Crippen LogP contribution in [0.3, 0.4) is 0 Å². The van der Waals surface area contributed by atoms with Gasteiger partial charge in [0.2, 0.25) is 0 Å². The van der Waals surface area contributed by atoms with Crippen molar-refractivity contribution in [3.63, 3.8) is 0 Å². The van der Waals surface area contributed by atoms with Gasteiger partial charge in [0.25, 0.3) is 0 Å². The van der Waals surface area contributed by atoms with Crippen molar-refractivity contribution in [3.8, 4) is 11.5 Å². The van der Waals surface area contributed by atoms with Crippen LogP contribution in [0.4, 0.5) is 0 Å². The van der Waals surface area contributed by atoms with E-state index in [0.717, 1.165) is 30.5 Å². The Bertz CT molecular complexity index is 1360. The minimum atomic E-state index is -2.02. The summed E-state index contributed by atoms with van der Waals surface area (Å²) in [6.07, 6.45) is 5.99. The first-order chi connectivity index (χ1) is 17.9. The van der Waals surface area contributed by atoms with E-state index in [0.29, 0.717) is 43.6 Å². The number of likely N-dealkylation sites (N-methyl/N-ethyl adjacent to an activating group) is 1. The molecule has 2 aromatic rings. The summed E-state index contributed by atoms with van der Waals surface area (Å²) in [5.74, 6) is 0.768. The Kier molecular flexibility index (Phi) is 5.42. The Morgan fingerprint density at radius 3 is 2.86 bits per heavy atom. The van der Waals surface area contributed by atoms with Crippen LogP contribution >= 0.6 is 0 Å². The summed E-state index contributed by atoms with van der Waals surface area (Å²) in [6, 6.07) is 12.1. The lowest BCUT2D eigenvalue weighted by Gasteiger charge is -2.61. The first kappa shape index (κ1) is 23.6. The van der Waals surface area contributed by atoms with E-state index in [9.17, 15) is 14.1 Å². The summed E-state index contributed by atoms with van der Waals surface area (Å²) in [5, 5.41) is 12.1. The zero-order chi connectivity index (χ0) is 25.4. The number of hydrogen-bond acceptors (Lipinski definition) is 7. The van der Waals surface area contributed by atoms with E-state index in [-0.39, 0.29) is 18.4 Å². The molecule has 2 aromatic carbocycles. The second kappa shape index (κ2) is 8.50. The van der Waals surface area contributed by atoms with Gasteiger partial charge in [0.05, 0.1) is 17.6 Å². The molecule has 37 heavy (non-hydrogen) atoms. The quantitative estimate of drug-likeness (QED) is 0.585. The van der Waals surface area contributed by atoms with E-state index >= 15 is 0 Å². The highest BCUT2D eigenvalue weighted by Crippen LogP contribution is 2.64. The Labute approximate surface area is 219 Å². The number of nitrogens with zero attached hydrogens (tertiary/aromatic N) is 1. The number of fused-ring (bicyclic) bond motifs is 1. The smallest absolute Gasteiger partial charge is 0.360 e. The minimum absolute atomic E-state index is 0.0164. The predicted molar refractivity (Wildman–Crippen MR) is 138 cm³/mol. The van der Waals surface area contributed by atoms with Gasteiger partial charge in [-0.15, -0.1) is 0 Å². The highest BCUT2D eigenvalue weighted by atomic mass is 32.2. The van der Waals surface area contributed by atoms with Crippen LogP contribution in [0.2, 0.25) is 0 Å². The van der Waals surface area contributed by atoms with Crippen molar-refractivity contribution in [2.75, 3.05) is 20.2 Å². The van der Waals surface area contributed by atoms with Crippen molar-refractivity contribution in [2.24, 2.45) is 0 Å². The maximum absolute atomic E-state index is 13.1. The monoisotopic (exact) mass is 521 g/mol. The van der Waals surface area contributed by atoms with Gasteiger partial charge in [-0.25, -0.2) is 0 Å². The number of carbonyl (C=O) groups is 1. The molecule has 2 bridgehead atoms. The fraction of sp³-hybridized carbons (Fsp3) is 0.483. The molecule has 7 rings (SSSR count). The predicted octanol–water partition coefficient (Wildman–Crippen LogP) is 3.13. The number of carbonyl (C=O) groups excluding carboxylic acids is 1. The van der Waals surface area contributed by atoms with Crippen LogP contribution in [0.1, 0.15) is 47.9 Å². The largest absolute Gasteiger partial charge is 0.477 e. The molecule has 2 heterocycles. The number of allylic oxidation sites excluding steroid dienone is 1. The van der Waals surface area contributed by atoms with Crippen molar-refractivity contribution >= 4 is 17.1 Å². The summed E-state index contributed by atoms with van der Waals surface area (Å²) >= 11 is -2.02. The average Bonchev–Trinajstić information content (AvgIpc) is 3.26. The molecule has 7 nitrogen and oxygen atoms in total. The number of rotatable bonds is 6. The molecule has 5 unspecified atom stereocenters. The van der Waals surface area contributed by atoms with Crippen LogP contribution in [-0.4, -0.2) is 57.9 Å². The topological polar surface area (TPSA) is 85.3 Å². The molecule has 2 fully saturated rings. The average molecular weight is 522 g/mol. The van der Waals surface area contributed by atoms with Gasteiger partial charge < -0.3 is 18.9 Å². The number of benzene rings is 2. The number of hydrogen-bond donors (Lipinski definition) is 1. The Balaban J connectivity index is 1.10. The summed E-state index contributed by atoms with van der Waals surface area (Å²) in [6.45, 7) is 1.06. The third-order valence-electron chi connectivity index (χ3n) is 9.42. The molecule has 1 N–H and O–H groups in total. The lowest BCUT2D eigenvalue weighted by atomic mass is 9.49. The Morgan fingerprint density at radius 1 is 1.16 bits per heavy atom. The normalized spacial score (nSPS) is 32.2. The number of Topliss-reactive ketones (excluding diaryl/α,β-unsaturated/α-hetero) is 1. The third-order valence-corrected chi connectivity index (χ3v) is 10.1. The van der Waals surface area contributed by atoms with Crippen LogP contribution in [0.25, 0.3) is 0 Å². The first-order valence-electron chi connectivity index (χ1n) is 13.2. The molecule has 1 saturated heterocycles. The molecule has 194 valence electrons. The lowest BCUT2D eigenvalue weighted by Crippen LogP contribution is -2.76. The molecule has 1 saturated carbocycles. The molecule has 2 aliphatic heterocycles. The van der Waals surface area contributed by atoms with Gasteiger partial charge in [-0.05, 0) is 74.9 Å². The van der Waals surface area contributed by atoms with E-state index in [1.807, 2.05) is 13.1 Å². The molecule has 3 aliphatic carbocycles. The van der Waals surface area contributed by atoms with Crippen molar-refractivity contribution < 1.29 is 27.2 Å². The van der Waals surface area contributed by atoms with E-state index in [1.54, 1.807) is 6.07 Å². The van der Waals surface area contributed by atoms with E-state index in [2.05, 4.69) is 35.2 Å². The first-order valence-corrected chi connectivity index (χ1v) is 14.2. The van der Waals surface area contributed by atoms with Gasteiger partial charge in [0.15, 0.2) is 23.4 Å². The van der Waals surface area contributed by atoms with Gasteiger partial charge in [0.1, 0.15) is 0 Å². The molecule has 5 aliphatic rings. The molecule has 8 heteroatoms. The van der Waals surface area contributed by atoms with Crippen molar-refractivity contribution in [3.05, 3.63) is 70.3 Å². The van der Waals surface area contributed by atoms with Gasteiger partial charge in [-0.3, -0.25) is 8.98 Å². The van der Waals surface area contributed by atoms with Crippen molar-refractivity contribution in [1.29, 1.82) is 0 Å². The van der Waals surface area contributed by atoms with Crippen LogP contribution in [0, 0.1) is 0 Å². The van der Waals surface area contributed by atoms with Crippen LogP contribution in [-0.2, 0) is 45.0 Å². The second-order valence-electron chi connectivity index (χ2n) is 11.1. The number of piperidine rings is 1. The van der Waals surface area contributed by atoms with Gasteiger partial charge in [-0.1, -0.05) is 42.0 Å². The van der Waals surface area contributed by atoms with E-state index in [4.69, 9.17) is 13.1 Å². The van der Waals surface area contributed by atoms with Crippen molar-refractivity contribution in [2.45, 2.75) is 68.1 Å². The van der Waals surface area contributed by atoms with Gasteiger partial charge >= 0.3 is 11.4 Å². The highest BCUT2D eigenvalue weighted by Gasteiger charge is 2.72. The Hall–Kier alpha value is -2.52. The van der Waals surface area contributed by atoms with Crippen LogP contribution in [0.5, 0.6) is 11.5 Å². The third kappa shape index (κ3) is 3.35. The number of ether oxygens (including phenoxy) is 1. The molecular formula is C29H31NO6S. The zero-order valence-electron chi connectivity index (χ0n) is 20.9. The fourth-order valence-electron chi connectivity index (χ4n) is 7.62. The zero-order valence-corrected chi connectivity index (χ0v) is 21.7. The van der Waals surface area contributed by atoms with E-state index in [1.165, 1.54) is 16.7 Å². The molecule has 0 amide bonds. The maximum Gasteiger partial charge on any atom is 0.360 e. The number of likely N-dealkylation sites (tertiary alicyclic amines) is 1. The van der Waals surface area contributed by atoms with E-state index < -0.39 is 28.5 Å². The fourth-order valence-corrected chi connectivity index (χ4v) is 8.16. The van der Waals surface area contributed by atoms with Gasteiger partial charge in [-0.2, -0.15) is 4.21 Å². The van der Waals surface area contributed by atoms with Gasteiger partial charge in [0, 0.05) is 18.0 Å². The van der Waals surface area contributed by atoms with Crippen molar-refractivity contribution in [1.82, 2.24) is 4.90 Å². The molecule has 0 aromatic heterocycles. The lowest BCUT2D eigenvalue weighted by molar-refractivity contribution is -0.185. The summed E-state index contributed by atoms with van der Waals surface area (Å²) in [7, 11) is 2.04. The molecule has 5 atom stereocenters. The highest BCUT2D eigenvalue weighted by molar-refractivity contribution is 7.75. The summed E-state index contributed by atoms with van der Waals surface area (Å²) in [5.41, 5.74) is 4.06. The molecule has 0 radical (unpaired) electrons. The second-order valence-corrected chi connectivity index (χ2v) is 11.9. The SMILES string of the molecule is CN1CCC23c4c5ccc(OS(=O)OCCC6=CCc7ccccc7C6)c4OC2C(=O)CCC3(O)C1C5. The van der Waals surface area contributed by atoms with Crippen LogP contribution in [0.15, 0.2) is 48.0 Å². The number of aliphatic hydroxyl groups is 1. The Morgan fingerprint density at radius 2 is 2.00 bits per heavy atom. The summed E-state index contributed by atoms with van der Waals surface area (Å²) < 4.78 is 30.4. The molecular weight excluding hydrogens is 490 g/mol. The standard InChI is InChI=1S/C29H31NO6S/c1-30-14-13-28-25-21-8-9-23(26(25)35-27(28)22(31)10-12-29(28,32)24(30)17-21)36-37(33)34-15-11-18-6-7-19-4-2-3-5-20(19)16-18/h2-6,8-9,24,27,32H,7,10-17H2,1H3. The summed E-state index contributed by atoms with van der Waals surface area (Å²) in [4.78, 5) is 15.3.